The van der Waals surface area contributed by atoms with E-state index in [9.17, 15) is 0 Å². The lowest BCUT2D eigenvalue weighted by Gasteiger charge is -2.14. The molecule has 0 saturated carbocycles. The van der Waals surface area contributed by atoms with Crippen LogP contribution in [0, 0.1) is 11.8 Å². The Hall–Kier alpha value is 0. The Bertz CT molecular complexity index is 139. The summed E-state index contributed by atoms with van der Waals surface area (Å²) in [6.07, 6.45) is 15.8. The van der Waals surface area contributed by atoms with Gasteiger partial charge in [-0.2, -0.15) is 0 Å². The molecule has 0 fully saturated rings. The van der Waals surface area contributed by atoms with Gasteiger partial charge in [-0.25, -0.2) is 0 Å². The first-order valence-electron chi connectivity index (χ1n) is 8.20. The second-order valence-electron chi connectivity index (χ2n) is 6.13. The lowest BCUT2D eigenvalue weighted by molar-refractivity contribution is 0.395. The van der Waals surface area contributed by atoms with Gasteiger partial charge in [0, 0.05) is 0 Å². The maximum atomic E-state index is 2.45. The molecular formula is C17H36. The average Bonchev–Trinajstić information content (AvgIpc) is 2.32. The maximum Gasteiger partial charge on any atom is -0.0443 e. The van der Waals surface area contributed by atoms with Crippen molar-refractivity contribution in [2.24, 2.45) is 11.8 Å². The van der Waals surface area contributed by atoms with E-state index < -0.39 is 0 Å². The van der Waals surface area contributed by atoms with E-state index in [-0.39, 0.29) is 0 Å². The molecule has 0 spiro atoms. The van der Waals surface area contributed by atoms with Gasteiger partial charge in [-0.15, -0.1) is 0 Å². The molecule has 17 heavy (non-hydrogen) atoms. The minimum absolute atomic E-state index is 0.960. The standard InChI is InChI=1S/C17H36/c1-5-7-9-10-13-17(4)15-11-14-16(3)12-8-6-2/h16-17H,5-15H2,1-4H3/t16-,17-/m0/s1. The van der Waals surface area contributed by atoms with E-state index in [1.165, 1.54) is 70.6 Å². The van der Waals surface area contributed by atoms with Crippen molar-refractivity contribution in [2.45, 2.75) is 98.3 Å². The van der Waals surface area contributed by atoms with Crippen molar-refractivity contribution in [1.29, 1.82) is 0 Å². The van der Waals surface area contributed by atoms with Gasteiger partial charge in [-0.05, 0) is 11.8 Å². The Balaban J connectivity index is 3.28. The van der Waals surface area contributed by atoms with E-state index in [2.05, 4.69) is 27.7 Å². The third kappa shape index (κ3) is 12.2. The van der Waals surface area contributed by atoms with Crippen LogP contribution in [0.3, 0.4) is 0 Å². The van der Waals surface area contributed by atoms with Gasteiger partial charge >= 0.3 is 0 Å². The van der Waals surface area contributed by atoms with E-state index in [1.54, 1.807) is 0 Å². The smallest absolute Gasteiger partial charge is 0.0443 e. The van der Waals surface area contributed by atoms with Crippen LogP contribution in [-0.2, 0) is 0 Å². The van der Waals surface area contributed by atoms with E-state index in [1.807, 2.05) is 0 Å². The number of rotatable bonds is 12. The number of unbranched alkanes of at least 4 members (excludes halogenated alkanes) is 4. The van der Waals surface area contributed by atoms with Gasteiger partial charge in [0.25, 0.3) is 0 Å². The van der Waals surface area contributed by atoms with Gasteiger partial charge in [0.1, 0.15) is 0 Å². The lowest BCUT2D eigenvalue weighted by Crippen LogP contribution is -1.99. The molecule has 0 N–H and O–H groups in total. The fraction of sp³-hybridized carbons (Fsp3) is 1.00. The topological polar surface area (TPSA) is 0 Å². The molecule has 0 bridgehead atoms. The average molecular weight is 240 g/mol. The van der Waals surface area contributed by atoms with E-state index in [0.29, 0.717) is 0 Å². The molecule has 0 amide bonds. The highest BCUT2D eigenvalue weighted by molar-refractivity contribution is 4.58. The van der Waals surface area contributed by atoms with Crippen LogP contribution in [0.25, 0.3) is 0 Å². The van der Waals surface area contributed by atoms with Gasteiger partial charge < -0.3 is 0 Å². The molecule has 0 nitrogen and oxygen atoms in total. The first-order chi connectivity index (χ1) is 8.20. The number of hydrogen-bond donors (Lipinski definition) is 0. The molecule has 0 aromatic heterocycles. The Morgan fingerprint density at radius 2 is 1.00 bits per heavy atom. The molecule has 0 unspecified atom stereocenters. The molecule has 104 valence electrons. The van der Waals surface area contributed by atoms with E-state index in [0.717, 1.165) is 11.8 Å². The molecule has 0 saturated heterocycles. The van der Waals surface area contributed by atoms with Gasteiger partial charge in [0.15, 0.2) is 0 Å². The van der Waals surface area contributed by atoms with Crippen molar-refractivity contribution in [3.8, 4) is 0 Å². The summed E-state index contributed by atoms with van der Waals surface area (Å²) in [6.45, 7) is 9.47. The molecule has 0 heteroatoms. The zero-order valence-electron chi connectivity index (χ0n) is 12.9. The Labute approximate surface area is 111 Å². The zero-order chi connectivity index (χ0) is 12.9. The van der Waals surface area contributed by atoms with Crippen molar-refractivity contribution in [1.82, 2.24) is 0 Å². The first-order valence-corrected chi connectivity index (χ1v) is 8.20. The summed E-state index contributed by atoms with van der Waals surface area (Å²) in [5.74, 6) is 1.92. The molecular weight excluding hydrogens is 204 g/mol. The molecule has 0 aromatic rings. The third-order valence-electron chi connectivity index (χ3n) is 3.99. The summed E-state index contributed by atoms with van der Waals surface area (Å²) in [5.41, 5.74) is 0. The van der Waals surface area contributed by atoms with Crippen molar-refractivity contribution < 1.29 is 0 Å². The fourth-order valence-electron chi connectivity index (χ4n) is 2.58. The van der Waals surface area contributed by atoms with Crippen LogP contribution in [0.15, 0.2) is 0 Å². The normalized spacial score (nSPS) is 14.8. The Kier molecular flexibility index (Phi) is 12.5. The Morgan fingerprint density at radius 3 is 1.53 bits per heavy atom. The van der Waals surface area contributed by atoms with Crippen molar-refractivity contribution in [3.63, 3.8) is 0 Å². The molecule has 0 aliphatic carbocycles. The molecule has 0 aliphatic heterocycles. The van der Waals surface area contributed by atoms with Crippen molar-refractivity contribution in [2.75, 3.05) is 0 Å². The highest BCUT2D eigenvalue weighted by Crippen LogP contribution is 2.20. The molecule has 0 aliphatic rings. The highest BCUT2D eigenvalue weighted by Gasteiger charge is 2.05. The van der Waals surface area contributed by atoms with Crippen LogP contribution in [0.4, 0.5) is 0 Å². The van der Waals surface area contributed by atoms with Crippen LogP contribution in [0.1, 0.15) is 98.3 Å². The minimum Gasteiger partial charge on any atom is -0.0654 e. The fourth-order valence-corrected chi connectivity index (χ4v) is 2.58. The molecule has 0 radical (unpaired) electrons. The summed E-state index contributed by atoms with van der Waals surface area (Å²) in [6, 6.07) is 0. The predicted octanol–water partition coefficient (Wildman–Crippen LogP) is 6.59. The van der Waals surface area contributed by atoms with Crippen LogP contribution < -0.4 is 0 Å². The summed E-state index contributed by atoms with van der Waals surface area (Å²) >= 11 is 0. The molecule has 2 atom stereocenters. The SMILES string of the molecule is CCCCCC[C@H](C)CCC[C@@H](C)CCCC. The van der Waals surface area contributed by atoms with Crippen LogP contribution in [0.5, 0.6) is 0 Å². The van der Waals surface area contributed by atoms with Crippen LogP contribution in [-0.4, -0.2) is 0 Å². The lowest BCUT2D eigenvalue weighted by atomic mass is 9.92. The highest BCUT2D eigenvalue weighted by atomic mass is 14.1. The minimum atomic E-state index is 0.960. The van der Waals surface area contributed by atoms with Gasteiger partial charge in [0.2, 0.25) is 0 Å². The van der Waals surface area contributed by atoms with Gasteiger partial charge in [-0.1, -0.05) is 98.3 Å². The van der Waals surface area contributed by atoms with Gasteiger partial charge in [0.05, 0.1) is 0 Å². The van der Waals surface area contributed by atoms with Crippen LogP contribution in [0.2, 0.25) is 0 Å². The summed E-state index contributed by atoms with van der Waals surface area (Å²) in [5, 5.41) is 0. The second kappa shape index (κ2) is 12.5. The monoisotopic (exact) mass is 240 g/mol. The first kappa shape index (κ1) is 17.0. The quantitative estimate of drug-likeness (QED) is 0.338. The molecule has 0 aromatic carbocycles. The summed E-state index contributed by atoms with van der Waals surface area (Å²) in [7, 11) is 0. The van der Waals surface area contributed by atoms with Gasteiger partial charge in [-0.3, -0.25) is 0 Å². The predicted molar refractivity (Wildman–Crippen MR) is 80.5 cm³/mol. The maximum absolute atomic E-state index is 2.45. The largest absolute Gasteiger partial charge is 0.0654 e. The third-order valence-corrected chi connectivity index (χ3v) is 3.99. The second-order valence-corrected chi connectivity index (χ2v) is 6.13. The van der Waals surface area contributed by atoms with E-state index >= 15 is 0 Å². The van der Waals surface area contributed by atoms with Crippen molar-refractivity contribution in [3.05, 3.63) is 0 Å². The summed E-state index contributed by atoms with van der Waals surface area (Å²) in [4.78, 5) is 0. The van der Waals surface area contributed by atoms with E-state index in [4.69, 9.17) is 0 Å². The summed E-state index contributed by atoms with van der Waals surface area (Å²) < 4.78 is 0. The number of hydrogen-bond acceptors (Lipinski definition) is 0. The Morgan fingerprint density at radius 1 is 0.529 bits per heavy atom. The molecule has 0 rings (SSSR count). The molecule has 0 heterocycles. The van der Waals surface area contributed by atoms with Crippen LogP contribution >= 0.6 is 0 Å². The zero-order valence-corrected chi connectivity index (χ0v) is 12.9. The van der Waals surface area contributed by atoms with Crippen molar-refractivity contribution >= 4 is 0 Å².